The zero-order chi connectivity index (χ0) is 26.9. The first-order valence-electron chi connectivity index (χ1n) is 13.5. The number of ether oxygens (including phenoxy) is 1. The van der Waals surface area contributed by atoms with Gasteiger partial charge < -0.3 is 9.64 Å². The van der Waals surface area contributed by atoms with Gasteiger partial charge in [0.25, 0.3) is 0 Å². The molecule has 0 radical (unpaired) electrons. The van der Waals surface area contributed by atoms with E-state index in [1.165, 1.54) is 22.3 Å². The number of amides is 1. The van der Waals surface area contributed by atoms with Gasteiger partial charge in [0.05, 0.1) is 24.1 Å². The summed E-state index contributed by atoms with van der Waals surface area (Å²) in [5.41, 5.74) is 7.00. The predicted octanol–water partition coefficient (Wildman–Crippen LogP) is 8.38. The Morgan fingerprint density at radius 3 is 2.41 bits per heavy atom. The van der Waals surface area contributed by atoms with Crippen molar-refractivity contribution >= 4 is 17.5 Å². The van der Waals surface area contributed by atoms with Crippen LogP contribution in [-0.2, 0) is 11.3 Å². The Balaban J connectivity index is 1.40. The zero-order valence-corrected chi connectivity index (χ0v) is 23.0. The number of methoxy groups -OCH3 is 1. The Kier molecular flexibility index (Phi) is 7.01. The monoisotopic (exact) mass is 533 g/mol. The molecule has 0 aromatic heterocycles. The highest BCUT2D eigenvalue weighted by atomic mass is 35.5. The van der Waals surface area contributed by atoms with Crippen molar-refractivity contribution in [3.05, 3.63) is 136 Å². The van der Waals surface area contributed by atoms with Crippen LogP contribution in [0.3, 0.4) is 0 Å². The fourth-order valence-electron chi connectivity index (χ4n) is 6.36. The first-order valence-corrected chi connectivity index (χ1v) is 13.9. The molecule has 1 fully saturated rings. The summed E-state index contributed by atoms with van der Waals surface area (Å²) in [7, 11) is 1.62. The minimum absolute atomic E-state index is 0.0486. The first kappa shape index (κ1) is 25.5. The summed E-state index contributed by atoms with van der Waals surface area (Å²) >= 11 is 6.59. The van der Waals surface area contributed by atoms with Crippen molar-refractivity contribution in [2.75, 3.05) is 7.11 Å². The van der Waals surface area contributed by atoms with Crippen LogP contribution in [0.15, 0.2) is 109 Å². The topological polar surface area (TPSA) is 29.5 Å². The second-order valence-electron chi connectivity index (χ2n) is 10.7. The molecule has 1 heterocycles. The fraction of sp³-hybridized carbons (Fsp3) is 0.229. The number of hydrogen-bond acceptors (Lipinski definition) is 2. The number of fused-ring (bicyclic) bond motifs is 1. The molecule has 2 aliphatic rings. The van der Waals surface area contributed by atoms with Crippen LogP contribution in [0.4, 0.5) is 0 Å². The number of benzene rings is 4. The Hall–Kier alpha value is -3.82. The number of hydrogen-bond donors (Lipinski definition) is 0. The highest BCUT2D eigenvalue weighted by molar-refractivity contribution is 6.32. The van der Waals surface area contributed by atoms with Crippen LogP contribution in [0.2, 0.25) is 5.02 Å². The van der Waals surface area contributed by atoms with Crippen molar-refractivity contribution in [3.63, 3.8) is 0 Å². The van der Waals surface area contributed by atoms with E-state index in [2.05, 4.69) is 90.7 Å². The van der Waals surface area contributed by atoms with Crippen molar-refractivity contribution in [1.82, 2.24) is 4.90 Å². The quantitative estimate of drug-likeness (QED) is 0.233. The molecule has 0 saturated carbocycles. The predicted molar refractivity (Wildman–Crippen MR) is 158 cm³/mol. The molecule has 0 spiro atoms. The molecule has 1 aliphatic carbocycles. The number of carbonyl (C=O) groups is 1. The minimum atomic E-state index is -0.141. The largest absolute Gasteiger partial charge is 0.495 e. The normalized spacial score (nSPS) is 22.1. The highest BCUT2D eigenvalue weighted by Crippen LogP contribution is 2.52. The number of carbonyl (C=O) groups excluding carboxylic acids is 1. The number of aryl methyl sites for hydroxylation is 1. The van der Waals surface area contributed by atoms with E-state index >= 15 is 0 Å². The maximum atomic E-state index is 14.3. The molecule has 0 unspecified atom stereocenters. The lowest BCUT2D eigenvalue weighted by atomic mass is 9.71. The smallest absolute Gasteiger partial charge is 0.227 e. The molecule has 4 atom stereocenters. The molecule has 4 heteroatoms. The molecule has 39 heavy (non-hydrogen) atoms. The maximum Gasteiger partial charge on any atom is 0.227 e. The molecular formula is C35H32ClNO2. The summed E-state index contributed by atoms with van der Waals surface area (Å²) in [6, 6.07) is 33.4. The standard InChI is InChI=1S/C35H32ClNO2/c1-23-14-16-25(17-15-23)26-10-6-11-27(20-26)29-12-7-13-30-33(29)35(38)37(22-24-8-4-3-5-9-24)34(30)28-18-19-32(39-2)31(36)21-28/h3-11,13-21,29-30,33-34H,12,22H2,1-2H3/t29-,30-,33-,34+/m1/s1. The van der Waals surface area contributed by atoms with E-state index in [4.69, 9.17) is 16.3 Å². The van der Waals surface area contributed by atoms with E-state index in [1.807, 2.05) is 30.3 Å². The van der Waals surface area contributed by atoms with E-state index in [0.717, 1.165) is 17.5 Å². The minimum Gasteiger partial charge on any atom is -0.495 e. The molecule has 6 rings (SSSR count). The van der Waals surface area contributed by atoms with Crippen LogP contribution in [0, 0.1) is 18.8 Å². The van der Waals surface area contributed by atoms with Crippen LogP contribution in [0.1, 0.15) is 40.6 Å². The molecule has 1 saturated heterocycles. The van der Waals surface area contributed by atoms with Crippen LogP contribution < -0.4 is 4.74 Å². The number of nitrogens with zero attached hydrogens (tertiary/aromatic N) is 1. The average molecular weight is 534 g/mol. The Morgan fingerprint density at radius 1 is 0.872 bits per heavy atom. The van der Waals surface area contributed by atoms with Crippen LogP contribution >= 0.6 is 11.6 Å². The number of allylic oxidation sites excluding steroid dienone is 1. The molecule has 196 valence electrons. The van der Waals surface area contributed by atoms with Crippen molar-refractivity contribution in [2.45, 2.75) is 31.8 Å². The first-order chi connectivity index (χ1) is 19.0. The van der Waals surface area contributed by atoms with E-state index < -0.39 is 0 Å². The van der Waals surface area contributed by atoms with Crippen LogP contribution in [0.5, 0.6) is 5.75 Å². The van der Waals surface area contributed by atoms with Gasteiger partial charge >= 0.3 is 0 Å². The lowest BCUT2D eigenvalue weighted by Gasteiger charge is -2.31. The molecule has 4 aromatic rings. The molecule has 0 bridgehead atoms. The highest BCUT2D eigenvalue weighted by Gasteiger charge is 2.51. The van der Waals surface area contributed by atoms with Crippen LogP contribution in [0.25, 0.3) is 11.1 Å². The van der Waals surface area contributed by atoms with Gasteiger partial charge in [0.1, 0.15) is 5.75 Å². The van der Waals surface area contributed by atoms with Gasteiger partial charge in [0.2, 0.25) is 5.91 Å². The summed E-state index contributed by atoms with van der Waals surface area (Å²) in [4.78, 5) is 16.4. The molecule has 1 amide bonds. The molecule has 4 aromatic carbocycles. The molecule has 0 N–H and O–H groups in total. The van der Waals surface area contributed by atoms with E-state index in [0.29, 0.717) is 17.3 Å². The van der Waals surface area contributed by atoms with E-state index in [1.54, 1.807) is 7.11 Å². The summed E-state index contributed by atoms with van der Waals surface area (Å²) < 4.78 is 5.42. The maximum absolute atomic E-state index is 14.3. The number of rotatable bonds is 6. The Morgan fingerprint density at radius 2 is 1.67 bits per heavy atom. The van der Waals surface area contributed by atoms with Gasteiger partial charge in [-0.25, -0.2) is 0 Å². The Labute approximate surface area is 235 Å². The lowest BCUT2D eigenvalue weighted by molar-refractivity contribution is -0.133. The third kappa shape index (κ3) is 4.88. The third-order valence-electron chi connectivity index (χ3n) is 8.28. The third-order valence-corrected chi connectivity index (χ3v) is 8.57. The van der Waals surface area contributed by atoms with E-state index in [-0.39, 0.29) is 29.7 Å². The van der Waals surface area contributed by atoms with Crippen molar-refractivity contribution in [1.29, 1.82) is 0 Å². The van der Waals surface area contributed by atoms with Gasteiger partial charge in [-0.2, -0.15) is 0 Å². The van der Waals surface area contributed by atoms with Gasteiger partial charge in [-0.1, -0.05) is 114 Å². The van der Waals surface area contributed by atoms with Gasteiger partial charge in [-0.15, -0.1) is 0 Å². The summed E-state index contributed by atoms with van der Waals surface area (Å²) in [5, 5.41) is 0.563. The lowest BCUT2D eigenvalue weighted by Crippen LogP contribution is -2.31. The van der Waals surface area contributed by atoms with Crippen molar-refractivity contribution < 1.29 is 9.53 Å². The van der Waals surface area contributed by atoms with Gasteiger partial charge in [0, 0.05) is 12.5 Å². The second-order valence-corrected chi connectivity index (χ2v) is 11.1. The van der Waals surface area contributed by atoms with Crippen molar-refractivity contribution in [3.8, 4) is 16.9 Å². The zero-order valence-electron chi connectivity index (χ0n) is 22.3. The average Bonchev–Trinajstić information content (AvgIpc) is 3.25. The number of halogens is 1. The van der Waals surface area contributed by atoms with Gasteiger partial charge in [-0.3, -0.25) is 4.79 Å². The molecular weight excluding hydrogens is 502 g/mol. The number of likely N-dealkylation sites (tertiary alicyclic amines) is 1. The summed E-state index contributed by atoms with van der Waals surface area (Å²) in [6.07, 6.45) is 5.37. The summed E-state index contributed by atoms with van der Waals surface area (Å²) in [6.45, 7) is 2.67. The molecule has 3 nitrogen and oxygen atoms in total. The Bertz CT molecular complexity index is 1510. The van der Waals surface area contributed by atoms with E-state index in [9.17, 15) is 4.79 Å². The summed E-state index contributed by atoms with van der Waals surface area (Å²) in [5.74, 6) is 0.858. The van der Waals surface area contributed by atoms with Gasteiger partial charge in [-0.05, 0) is 59.2 Å². The van der Waals surface area contributed by atoms with Gasteiger partial charge in [0.15, 0.2) is 0 Å². The second kappa shape index (κ2) is 10.7. The SMILES string of the molecule is COc1ccc([C@H]2[C@@H]3C=CC[C@H](c4cccc(-c5ccc(C)cc5)c4)[C@H]3C(=O)N2Cc2ccccc2)cc1Cl. The van der Waals surface area contributed by atoms with Crippen LogP contribution in [-0.4, -0.2) is 17.9 Å². The fourth-order valence-corrected chi connectivity index (χ4v) is 6.62. The molecule has 1 aliphatic heterocycles. The van der Waals surface area contributed by atoms with Crippen molar-refractivity contribution in [2.24, 2.45) is 11.8 Å².